The second-order valence-corrected chi connectivity index (χ2v) is 6.67. The van der Waals surface area contributed by atoms with Crippen LogP contribution in [0.3, 0.4) is 0 Å². The van der Waals surface area contributed by atoms with Crippen LogP contribution < -0.4 is 4.90 Å². The second kappa shape index (κ2) is 6.76. The van der Waals surface area contributed by atoms with Gasteiger partial charge in [-0.05, 0) is 35.0 Å². The topological polar surface area (TPSA) is 49.3 Å². The summed E-state index contributed by atoms with van der Waals surface area (Å²) in [5.74, 6) is 1.14. The molecule has 0 radical (unpaired) electrons. The van der Waals surface area contributed by atoms with Crippen molar-refractivity contribution in [3.05, 3.63) is 10.7 Å². The van der Waals surface area contributed by atoms with E-state index in [1.54, 1.807) is 11.1 Å². The van der Waals surface area contributed by atoms with E-state index in [1.807, 2.05) is 20.4 Å². The Hall–Kier alpha value is -0.820. The van der Waals surface area contributed by atoms with Gasteiger partial charge in [-0.3, -0.25) is 4.79 Å². The number of aromatic nitrogens is 2. The Morgan fingerprint density at radius 1 is 1.55 bits per heavy atom. The number of rotatable bonds is 3. The molecule has 2 rings (SSSR count). The van der Waals surface area contributed by atoms with E-state index in [4.69, 9.17) is 0 Å². The molecule has 1 aliphatic heterocycles. The fourth-order valence-corrected chi connectivity index (χ4v) is 3.18. The second-order valence-electron chi connectivity index (χ2n) is 5.05. The molecule has 0 aromatic carbocycles. The highest BCUT2D eigenvalue weighted by molar-refractivity contribution is 9.10. The first kappa shape index (κ1) is 15.6. The molecule has 20 heavy (non-hydrogen) atoms. The highest BCUT2D eigenvalue weighted by atomic mass is 79.9. The van der Waals surface area contributed by atoms with Gasteiger partial charge in [-0.25, -0.2) is 9.97 Å². The molecule has 0 saturated carbocycles. The van der Waals surface area contributed by atoms with Gasteiger partial charge < -0.3 is 9.80 Å². The molecule has 110 valence electrons. The minimum atomic E-state index is 0.0540. The lowest BCUT2D eigenvalue weighted by molar-refractivity contribution is -0.133. The Balaban J connectivity index is 2.18. The summed E-state index contributed by atoms with van der Waals surface area (Å²) in [4.78, 5) is 24.8. The zero-order chi connectivity index (χ0) is 14.7. The predicted octanol–water partition coefficient (Wildman–Crippen LogP) is 2.27. The Kier molecular flexibility index (Phi) is 5.26. The third-order valence-electron chi connectivity index (χ3n) is 3.40. The lowest BCUT2D eigenvalue weighted by Gasteiger charge is -2.34. The van der Waals surface area contributed by atoms with Crippen LogP contribution in [-0.4, -0.2) is 54.2 Å². The molecule has 2 heterocycles. The fourth-order valence-electron chi connectivity index (χ4n) is 2.40. The lowest BCUT2D eigenvalue weighted by atomic mass is 9.97. The van der Waals surface area contributed by atoms with E-state index < -0.39 is 0 Å². The summed E-state index contributed by atoms with van der Waals surface area (Å²) in [5.41, 5.74) is 0. The van der Waals surface area contributed by atoms with Gasteiger partial charge in [0, 0.05) is 33.4 Å². The van der Waals surface area contributed by atoms with Crippen molar-refractivity contribution in [2.24, 2.45) is 5.92 Å². The van der Waals surface area contributed by atoms with Crippen molar-refractivity contribution in [2.45, 2.75) is 18.0 Å². The Bertz CT molecular complexity index is 497. The van der Waals surface area contributed by atoms with Crippen LogP contribution in [0.1, 0.15) is 12.8 Å². The molecule has 1 unspecified atom stereocenters. The van der Waals surface area contributed by atoms with Gasteiger partial charge in [-0.1, -0.05) is 11.8 Å². The summed E-state index contributed by atoms with van der Waals surface area (Å²) in [6.07, 6.45) is 5.70. The van der Waals surface area contributed by atoms with Crippen LogP contribution in [0, 0.1) is 5.92 Å². The number of hydrogen-bond donors (Lipinski definition) is 0. The quantitative estimate of drug-likeness (QED) is 0.612. The molecule has 1 saturated heterocycles. The lowest BCUT2D eigenvalue weighted by Crippen LogP contribution is -2.43. The largest absolute Gasteiger partial charge is 0.355 e. The van der Waals surface area contributed by atoms with Crippen molar-refractivity contribution in [2.75, 3.05) is 38.3 Å². The van der Waals surface area contributed by atoms with Crippen LogP contribution in [0.25, 0.3) is 0 Å². The van der Waals surface area contributed by atoms with Crippen molar-refractivity contribution in [1.29, 1.82) is 0 Å². The van der Waals surface area contributed by atoms with Crippen LogP contribution in [0.4, 0.5) is 5.82 Å². The summed E-state index contributed by atoms with van der Waals surface area (Å²) >= 11 is 5.03. The summed E-state index contributed by atoms with van der Waals surface area (Å²) in [7, 11) is 3.63. The molecular formula is C13H19BrN4OS. The van der Waals surface area contributed by atoms with Crippen LogP contribution in [0.5, 0.6) is 0 Å². The summed E-state index contributed by atoms with van der Waals surface area (Å²) in [6, 6.07) is 0. The van der Waals surface area contributed by atoms with Gasteiger partial charge in [-0.2, -0.15) is 0 Å². The Morgan fingerprint density at radius 3 is 2.95 bits per heavy atom. The van der Waals surface area contributed by atoms with E-state index in [1.165, 1.54) is 11.8 Å². The first-order chi connectivity index (χ1) is 9.52. The van der Waals surface area contributed by atoms with E-state index in [0.29, 0.717) is 0 Å². The maximum atomic E-state index is 12.1. The normalized spacial score (nSPS) is 19.0. The number of piperidine rings is 1. The van der Waals surface area contributed by atoms with Gasteiger partial charge in [0.1, 0.15) is 5.82 Å². The van der Waals surface area contributed by atoms with Gasteiger partial charge in [0.05, 0.1) is 10.4 Å². The third kappa shape index (κ3) is 3.44. The monoisotopic (exact) mass is 358 g/mol. The molecule has 1 aromatic rings. The fraction of sp³-hybridized carbons (Fsp3) is 0.615. The van der Waals surface area contributed by atoms with E-state index in [-0.39, 0.29) is 11.8 Å². The number of amides is 1. The maximum absolute atomic E-state index is 12.1. The number of carbonyl (C=O) groups is 1. The van der Waals surface area contributed by atoms with Crippen molar-refractivity contribution in [1.82, 2.24) is 14.9 Å². The average Bonchev–Trinajstić information content (AvgIpc) is 2.47. The Morgan fingerprint density at radius 2 is 2.30 bits per heavy atom. The number of nitrogens with zero attached hydrogens (tertiary/aromatic N) is 4. The molecule has 1 aromatic heterocycles. The van der Waals surface area contributed by atoms with Crippen molar-refractivity contribution in [3.8, 4) is 0 Å². The Labute approximate surface area is 132 Å². The van der Waals surface area contributed by atoms with Crippen LogP contribution >= 0.6 is 27.7 Å². The number of hydrogen-bond acceptors (Lipinski definition) is 5. The highest BCUT2D eigenvalue weighted by Gasteiger charge is 2.28. The van der Waals surface area contributed by atoms with Gasteiger partial charge >= 0.3 is 0 Å². The van der Waals surface area contributed by atoms with Crippen molar-refractivity contribution >= 4 is 39.4 Å². The summed E-state index contributed by atoms with van der Waals surface area (Å²) < 4.78 is 0.883. The smallest absolute Gasteiger partial charge is 0.226 e. The molecule has 0 bridgehead atoms. The maximum Gasteiger partial charge on any atom is 0.226 e. The molecule has 1 atom stereocenters. The summed E-state index contributed by atoms with van der Waals surface area (Å²) in [5, 5.41) is 0.754. The van der Waals surface area contributed by atoms with E-state index in [2.05, 4.69) is 30.8 Å². The summed E-state index contributed by atoms with van der Waals surface area (Å²) in [6.45, 7) is 1.65. The zero-order valence-electron chi connectivity index (χ0n) is 12.0. The van der Waals surface area contributed by atoms with Crippen LogP contribution in [0.15, 0.2) is 15.8 Å². The molecule has 0 spiro atoms. The number of carbonyl (C=O) groups excluding carboxylic acids is 1. The first-order valence-electron chi connectivity index (χ1n) is 6.55. The van der Waals surface area contributed by atoms with Crippen LogP contribution in [0.2, 0.25) is 0 Å². The first-order valence-corrected chi connectivity index (χ1v) is 8.57. The molecule has 7 heteroatoms. The minimum absolute atomic E-state index is 0.0540. The minimum Gasteiger partial charge on any atom is -0.355 e. The number of anilines is 1. The van der Waals surface area contributed by atoms with Crippen molar-refractivity contribution in [3.63, 3.8) is 0 Å². The van der Waals surface area contributed by atoms with Gasteiger partial charge in [0.15, 0.2) is 5.16 Å². The molecule has 1 fully saturated rings. The number of halogens is 1. The van der Waals surface area contributed by atoms with Gasteiger partial charge in [0.25, 0.3) is 0 Å². The van der Waals surface area contributed by atoms with Gasteiger partial charge in [-0.15, -0.1) is 0 Å². The third-order valence-corrected chi connectivity index (χ3v) is 4.52. The van der Waals surface area contributed by atoms with Crippen molar-refractivity contribution < 1.29 is 4.79 Å². The van der Waals surface area contributed by atoms with E-state index in [9.17, 15) is 4.79 Å². The molecule has 0 aliphatic carbocycles. The number of thioether (sulfide) groups is 1. The molecule has 0 N–H and O–H groups in total. The van der Waals surface area contributed by atoms with Gasteiger partial charge in [0.2, 0.25) is 5.91 Å². The zero-order valence-corrected chi connectivity index (χ0v) is 14.4. The molecule has 5 nitrogen and oxygen atoms in total. The van der Waals surface area contributed by atoms with E-state index >= 15 is 0 Å². The van der Waals surface area contributed by atoms with E-state index in [0.717, 1.165) is 41.4 Å². The SMILES string of the molecule is CSc1ncc(Br)c(N2CCCC(C(=O)N(C)C)C2)n1. The molecule has 1 aliphatic rings. The van der Waals surface area contributed by atoms with Crippen LogP contribution in [-0.2, 0) is 4.79 Å². The molecule has 1 amide bonds. The standard InChI is InChI=1S/C13H19BrN4OS/c1-17(2)12(19)9-5-4-6-18(8-9)11-10(14)7-15-13(16-11)20-3/h7,9H,4-6,8H2,1-3H3. The highest BCUT2D eigenvalue weighted by Crippen LogP contribution is 2.29. The predicted molar refractivity (Wildman–Crippen MR) is 85.1 cm³/mol. The average molecular weight is 359 g/mol. The molecular weight excluding hydrogens is 340 g/mol.